The molecule has 1 aliphatic heterocycles. The second kappa shape index (κ2) is 4.11. The van der Waals surface area contributed by atoms with E-state index < -0.39 is 0 Å². The van der Waals surface area contributed by atoms with Gasteiger partial charge in [-0.3, -0.25) is 4.79 Å². The molecule has 14 heavy (non-hydrogen) atoms. The van der Waals surface area contributed by atoms with Crippen LogP contribution in [-0.2, 0) is 0 Å². The highest BCUT2D eigenvalue weighted by Crippen LogP contribution is 2.30. The number of carbonyl (C=O) groups is 1. The minimum atomic E-state index is -0.299. The Morgan fingerprint density at radius 3 is 3.14 bits per heavy atom. The lowest BCUT2D eigenvalue weighted by molar-refractivity contribution is 0.0999. The maximum Gasteiger partial charge on any atom is 0.249 e. The van der Waals surface area contributed by atoms with Gasteiger partial charge in [0, 0.05) is 17.3 Å². The second-order valence-corrected chi connectivity index (χ2v) is 4.55. The minimum Gasteiger partial charge on any atom is -0.366 e. The van der Waals surface area contributed by atoms with Crippen molar-refractivity contribution in [1.82, 2.24) is 5.32 Å². The van der Waals surface area contributed by atoms with Crippen molar-refractivity contribution >= 4 is 17.2 Å². The Bertz CT molecular complexity index is 329. The van der Waals surface area contributed by atoms with E-state index in [2.05, 4.69) is 5.32 Å². The van der Waals surface area contributed by atoms with Crippen molar-refractivity contribution in [3.63, 3.8) is 0 Å². The zero-order valence-corrected chi connectivity index (χ0v) is 8.77. The molecular weight excluding hydrogens is 196 g/mol. The van der Waals surface area contributed by atoms with E-state index in [0.29, 0.717) is 11.5 Å². The Morgan fingerprint density at radius 1 is 1.64 bits per heavy atom. The normalized spacial score (nSPS) is 22.1. The standard InChI is InChI=1S/C10H14N2OS/c11-10(13)8-3-5-14-9(8)7-2-1-4-12-6-7/h3,5,7,12H,1-2,4,6H2,(H2,11,13). The van der Waals surface area contributed by atoms with E-state index >= 15 is 0 Å². The van der Waals surface area contributed by atoms with E-state index in [9.17, 15) is 4.79 Å². The van der Waals surface area contributed by atoms with Crippen LogP contribution >= 0.6 is 11.3 Å². The van der Waals surface area contributed by atoms with E-state index in [1.54, 1.807) is 11.3 Å². The Labute approximate surface area is 87.3 Å². The highest BCUT2D eigenvalue weighted by atomic mass is 32.1. The number of amides is 1. The zero-order valence-electron chi connectivity index (χ0n) is 7.95. The number of primary amides is 1. The lowest BCUT2D eigenvalue weighted by atomic mass is 9.95. The molecule has 3 N–H and O–H groups in total. The molecule has 1 unspecified atom stereocenters. The molecule has 1 aliphatic rings. The van der Waals surface area contributed by atoms with Gasteiger partial charge in [-0.1, -0.05) is 0 Å². The van der Waals surface area contributed by atoms with Crippen molar-refractivity contribution in [2.24, 2.45) is 5.73 Å². The summed E-state index contributed by atoms with van der Waals surface area (Å²) in [6.07, 6.45) is 2.34. The highest BCUT2D eigenvalue weighted by molar-refractivity contribution is 7.10. The third kappa shape index (κ3) is 1.81. The number of hydrogen-bond acceptors (Lipinski definition) is 3. The average molecular weight is 210 g/mol. The fourth-order valence-electron chi connectivity index (χ4n) is 1.92. The molecule has 2 rings (SSSR count). The quantitative estimate of drug-likeness (QED) is 0.773. The van der Waals surface area contributed by atoms with Crippen LogP contribution in [0.4, 0.5) is 0 Å². The first-order chi connectivity index (χ1) is 6.79. The molecule has 0 saturated carbocycles. The summed E-state index contributed by atoms with van der Waals surface area (Å²) in [5.74, 6) is 0.179. The van der Waals surface area contributed by atoms with Gasteiger partial charge in [0.1, 0.15) is 0 Å². The SMILES string of the molecule is NC(=O)c1ccsc1C1CCCNC1. The van der Waals surface area contributed by atoms with Gasteiger partial charge in [0.15, 0.2) is 0 Å². The third-order valence-corrected chi connectivity index (χ3v) is 3.71. The van der Waals surface area contributed by atoms with Crippen LogP contribution in [0.2, 0.25) is 0 Å². The van der Waals surface area contributed by atoms with Crippen molar-refractivity contribution < 1.29 is 4.79 Å². The largest absolute Gasteiger partial charge is 0.366 e. The summed E-state index contributed by atoms with van der Waals surface area (Å²) >= 11 is 1.64. The van der Waals surface area contributed by atoms with Crippen molar-refractivity contribution in [1.29, 1.82) is 0 Å². The molecule has 3 nitrogen and oxygen atoms in total. The van der Waals surface area contributed by atoms with E-state index in [0.717, 1.165) is 24.4 Å². The van der Waals surface area contributed by atoms with Gasteiger partial charge in [-0.2, -0.15) is 0 Å². The molecule has 1 aromatic rings. The van der Waals surface area contributed by atoms with Gasteiger partial charge >= 0.3 is 0 Å². The van der Waals surface area contributed by atoms with E-state index in [4.69, 9.17) is 5.73 Å². The molecule has 1 aromatic heterocycles. The van der Waals surface area contributed by atoms with Crippen LogP contribution in [0, 0.1) is 0 Å². The van der Waals surface area contributed by atoms with Crippen molar-refractivity contribution in [3.8, 4) is 0 Å². The fourth-order valence-corrected chi connectivity index (χ4v) is 2.96. The summed E-state index contributed by atoms with van der Waals surface area (Å²) in [5.41, 5.74) is 6.02. The molecule has 0 bridgehead atoms. The number of hydrogen-bond donors (Lipinski definition) is 2. The number of rotatable bonds is 2. The summed E-state index contributed by atoms with van der Waals surface area (Å²) in [5, 5.41) is 5.29. The van der Waals surface area contributed by atoms with Crippen LogP contribution in [0.3, 0.4) is 0 Å². The topological polar surface area (TPSA) is 55.1 Å². The van der Waals surface area contributed by atoms with Gasteiger partial charge in [-0.25, -0.2) is 0 Å². The number of carbonyl (C=O) groups excluding carboxylic acids is 1. The maximum absolute atomic E-state index is 11.1. The van der Waals surface area contributed by atoms with Gasteiger partial charge < -0.3 is 11.1 Å². The van der Waals surface area contributed by atoms with Crippen LogP contribution in [-0.4, -0.2) is 19.0 Å². The molecule has 76 valence electrons. The molecule has 0 radical (unpaired) electrons. The number of thiophene rings is 1. The van der Waals surface area contributed by atoms with Crippen LogP contribution in [0.15, 0.2) is 11.4 Å². The molecule has 1 saturated heterocycles. The van der Waals surface area contributed by atoms with E-state index in [-0.39, 0.29) is 5.91 Å². The monoisotopic (exact) mass is 210 g/mol. The predicted molar refractivity (Wildman–Crippen MR) is 57.7 cm³/mol. The smallest absolute Gasteiger partial charge is 0.249 e. The summed E-state index contributed by atoms with van der Waals surface area (Å²) < 4.78 is 0. The average Bonchev–Trinajstić information content (AvgIpc) is 2.67. The summed E-state index contributed by atoms with van der Waals surface area (Å²) in [6.45, 7) is 2.06. The van der Waals surface area contributed by atoms with Gasteiger partial charge in [0.05, 0.1) is 5.56 Å². The first-order valence-electron chi connectivity index (χ1n) is 4.87. The maximum atomic E-state index is 11.1. The molecule has 2 heterocycles. The number of nitrogens with one attached hydrogen (secondary N) is 1. The summed E-state index contributed by atoms with van der Waals surface area (Å²) in [6, 6.07) is 1.83. The minimum absolute atomic E-state index is 0.299. The molecule has 1 atom stereocenters. The Morgan fingerprint density at radius 2 is 2.50 bits per heavy atom. The Kier molecular flexibility index (Phi) is 2.84. The lowest BCUT2D eigenvalue weighted by Gasteiger charge is -2.22. The molecule has 4 heteroatoms. The van der Waals surface area contributed by atoms with Gasteiger partial charge in [-0.05, 0) is 30.8 Å². The zero-order chi connectivity index (χ0) is 9.97. The lowest BCUT2D eigenvalue weighted by Crippen LogP contribution is -2.29. The van der Waals surface area contributed by atoms with Crippen LogP contribution in [0.25, 0.3) is 0 Å². The molecule has 0 spiro atoms. The molecular formula is C10H14N2OS. The van der Waals surface area contributed by atoms with E-state index in [1.807, 2.05) is 11.4 Å². The van der Waals surface area contributed by atoms with Crippen LogP contribution in [0.1, 0.15) is 34.0 Å². The van der Waals surface area contributed by atoms with Crippen molar-refractivity contribution in [2.75, 3.05) is 13.1 Å². The fraction of sp³-hybridized carbons (Fsp3) is 0.500. The first-order valence-corrected chi connectivity index (χ1v) is 5.75. The first kappa shape index (κ1) is 9.68. The highest BCUT2D eigenvalue weighted by Gasteiger charge is 2.21. The Balaban J connectivity index is 2.21. The third-order valence-electron chi connectivity index (χ3n) is 2.63. The molecule has 0 aromatic carbocycles. The Hall–Kier alpha value is -0.870. The number of nitrogens with two attached hydrogens (primary N) is 1. The van der Waals surface area contributed by atoms with Gasteiger partial charge in [0.25, 0.3) is 0 Å². The van der Waals surface area contributed by atoms with Crippen LogP contribution < -0.4 is 11.1 Å². The molecule has 0 aliphatic carbocycles. The molecule has 1 fully saturated rings. The van der Waals surface area contributed by atoms with E-state index in [1.165, 1.54) is 6.42 Å². The molecule has 1 amide bonds. The van der Waals surface area contributed by atoms with Gasteiger partial charge in [-0.15, -0.1) is 11.3 Å². The van der Waals surface area contributed by atoms with Crippen molar-refractivity contribution in [3.05, 3.63) is 21.9 Å². The summed E-state index contributed by atoms with van der Waals surface area (Å²) in [7, 11) is 0. The second-order valence-electron chi connectivity index (χ2n) is 3.61. The number of piperidine rings is 1. The van der Waals surface area contributed by atoms with Crippen LogP contribution in [0.5, 0.6) is 0 Å². The summed E-state index contributed by atoms with van der Waals surface area (Å²) in [4.78, 5) is 12.3. The van der Waals surface area contributed by atoms with Crippen molar-refractivity contribution in [2.45, 2.75) is 18.8 Å². The predicted octanol–water partition coefficient (Wildman–Crippen LogP) is 1.31. The van der Waals surface area contributed by atoms with Gasteiger partial charge in [0.2, 0.25) is 5.91 Å².